The number of aldehydes is 1. The maximum absolute atomic E-state index is 10.6. The van der Waals surface area contributed by atoms with Gasteiger partial charge in [-0.25, -0.2) is 5.43 Å². The van der Waals surface area contributed by atoms with Gasteiger partial charge in [0.25, 0.3) is 0 Å². The molecular formula is C7H15N3O4. The van der Waals surface area contributed by atoms with Crippen molar-refractivity contribution >= 4 is 12.3 Å². The number of nitrogens with two attached hydrogens (primary N) is 1. The number of aliphatic carboxylic acids is 1. The molecule has 7 heteroatoms. The number of hydrazine groups is 1. The largest absolute Gasteiger partial charge is 0.480 e. The van der Waals surface area contributed by atoms with E-state index in [4.69, 9.17) is 10.8 Å². The summed E-state index contributed by atoms with van der Waals surface area (Å²) in [5.74, 6) is -0.999. The average molecular weight is 205 g/mol. The monoisotopic (exact) mass is 205 g/mol. The highest BCUT2D eigenvalue weighted by Gasteiger charge is 2.15. The summed E-state index contributed by atoms with van der Waals surface area (Å²) in [7, 11) is 0. The van der Waals surface area contributed by atoms with Crippen LogP contribution >= 0.6 is 0 Å². The van der Waals surface area contributed by atoms with E-state index in [2.05, 4.69) is 15.9 Å². The Hall–Kier alpha value is -1.02. The molecule has 14 heavy (non-hydrogen) atoms. The second kappa shape index (κ2) is 8.57. The van der Waals surface area contributed by atoms with Crippen LogP contribution in [0.1, 0.15) is 12.8 Å². The minimum atomic E-state index is -0.999. The van der Waals surface area contributed by atoms with Crippen LogP contribution in [0.3, 0.4) is 0 Å². The molecule has 0 fully saturated rings. The predicted molar refractivity (Wildman–Crippen MR) is 48.0 cm³/mol. The third kappa shape index (κ3) is 6.49. The van der Waals surface area contributed by atoms with E-state index in [1.165, 1.54) is 0 Å². The maximum Gasteiger partial charge on any atom is 0.322 e. The number of carboxylic acid groups (broad SMARTS) is 1. The third-order valence-corrected chi connectivity index (χ3v) is 1.45. The van der Waals surface area contributed by atoms with Crippen molar-refractivity contribution < 1.29 is 19.5 Å². The second-order valence-electron chi connectivity index (χ2n) is 2.55. The summed E-state index contributed by atoms with van der Waals surface area (Å²) in [6.45, 7) is 0.289. The number of nitrogens with one attached hydrogen (secondary N) is 2. The van der Waals surface area contributed by atoms with Crippen molar-refractivity contribution in [2.75, 3.05) is 13.2 Å². The summed E-state index contributed by atoms with van der Waals surface area (Å²) >= 11 is 0. The first kappa shape index (κ1) is 13.0. The third-order valence-electron chi connectivity index (χ3n) is 1.45. The summed E-state index contributed by atoms with van der Waals surface area (Å²) in [6.07, 6.45) is 1.53. The number of hydrogen-bond acceptors (Lipinski definition) is 6. The molecule has 0 aliphatic heterocycles. The number of rotatable bonds is 9. The fourth-order valence-corrected chi connectivity index (χ4v) is 0.768. The van der Waals surface area contributed by atoms with Gasteiger partial charge in [0, 0.05) is 0 Å². The van der Waals surface area contributed by atoms with Crippen LogP contribution in [-0.2, 0) is 14.4 Å². The highest BCUT2D eigenvalue weighted by atomic mass is 16.7. The van der Waals surface area contributed by atoms with Gasteiger partial charge in [0.05, 0.1) is 0 Å². The van der Waals surface area contributed by atoms with Gasteiger partial charge in [-0.15, -0.1) is 5.59 Å². The summed E-state index contributed by atoms with van der Waals surface area (Å²) in [5, 5.41) is 8.69. The van der Waals surface area contributed by atoms with Crippen LogP contribution in [-0.4, -0.2) is 36.6 Å². The molecule has 0 saturated heterocycles. The Labute approximate surface area is 81.5 Å². The van der Waals surface area contributed by atoms with E-state index < -0.39 is 12.0 Å². The van der Waals surface area contributed by atoms with Gasteiger partial charge in [-0.05, 0) is 19.4 Å². The molecule has 0 aliphatic rings. The number of hydrogen-bond donors (Lipinski definition) is 4. The molecular weight excluding hydrogens is 190 g/mol. The van der Waals surface area contributed by atoms with Crippen molar-refractivity contribution in [2.24, 2.45) is 5.73 Å². The van der Waals surface area contributed by atoms with Gasteiger partial charge in [0.2, 0.25) is 0 Å². The molecule has 0 heterocycles. The molecule has 5 N–H and O–H groups in total. The highest BCUT2D eigenvalue weighted by molar-refractivity contribution is 5.73. The smallest absolute Gasteiger partial charge is 0.322 e. The topological polar surface area (TPSA) is 114 Å². The van der Waals surface area contributed by atoms with Crippen molar-refractivity contribution in [3.8, 4) is 0 Å². The van der Waals surface area contributed by atoms with E-state index in [1.807, 2.05) is 0 Å². The molecule has 0 spiro atoms. The molecule has 0 aromatic rings. The predicted octanol–water partition coefficient (Wildman–Crippen LogP) is -1.60. The van der Waals surface area contributed by atoms with Crippen molar-refractivity contribution in [2.45, 2.75) is 18.9 Å². The fraction of sp³-hybridized carbons (Fsp3) is 0.714. The summed E-state index contributed by atoms with van der Waals surface area (Å²) in [6, 6.07) is -0.773. The van der Waals surface area contributed by atoms with Crippen molar-refractivity contribution in [1.29, 1.82) is 0 Å². The lowest BCUT2D eigenvalue weighted by molar-refractivity contribution is -0.141. The van der Waals surface area contributed by atoms with Gasteiger partial charge in [0.1, 0.15) is 18.9 Å². The van der Waals surface area contributed by atoms with Crippen LogP contribution < -0.4 is 16.7 Å². The minimum Gasteiger partial charge on any atom is -0.480 e. The van der Waals surface area contributed by atoms with E-state index in [9.17, 15) is 9.59 Å². The Bertz CT molecular complexity index is 176. The van der Waals surface area contributed by atoms with Crippen LogP contribution in [0.5, 0.6) is 0 Å². The Kier molecular flexibility index (Phi) is 7.95. The zero-order chi connectivity index (χ0) is 10.8. The molecule has 0 bridgehead atoms. The summed E-state index contributed by atoms with van der Waals surface area (Å²) in [5.41, 5.74) is 9.81. The van der Waals surface area contributed by atoms with Gasteiger partial charge in [-0.2, -0.15) is 0 Å². The molecule has 0 aromatic carbocycles. The molecule has 0 radical (unpaired) electrons. The zero-order valence-electron chi connectivity index (χ0n) is 7.73. The quantitative estimate of drug-likeness (QED) is 0.204. The summed E-state index contributed by atoms with van der Waals surface area (Å²) in [4.78, 5) is 25.0. The first-order valence-electron chi connectivity index (χ1n) is 4.21. The zero-order valence-corrected chi connectivity index (χ0v) is 7.73. The van der Waals surface area contributed by atoms with Gasteiger partial charge in [-0.3, -0.25) is 9.63 Å². The van der Waals surface area contributed by atoms with E-state index in [-0.39, 0.29) is 6.61 Å². The molecule has 0 saturated carbocycles. The SMILES string of the molecule is NCCC[C@H](NNOCC=O)C(=O)O. The lowest BCUT2D eigenvalue weighted by atomic mass is 10.2. The molecule has 0 aromatic heterocycles. The van der Waals surface area contributed by atoms with Crippen LogP contribution in [0.2, 0.25) is 0 Å². The maximum atomic E-state index is 10.6. The molecule has 0 aliphatic carbocycles. The Morgan fingerprint density at radius 1 is 1.64 bits per heavy atom. The molecule has 7 nitrogen and oxygen atoms in total. The Morgan fingerprint density at radius 2 is 2.36 bits per heavy atom. The van der Waals surface area contributed by atoms with Gasteiger partial charge < -0.3 is 15.6 Å². The normalized spacial score (nSPS) is 12.4. The van der Waals surface area contributed by atoms with Gasteiger partial charge >= 0.3 is 5.97 Å². The standard InChI is InChI=1S/C7H15N3O4/c8-3-1-2-6(7(12)13)9-10-14-5-4-11/h4,6,9-10H,1-3,5,8H2,(H,12,13)/t6-/m0/s1. The van der Waals surface area contributed by atoms with Crippen LogP contribution in [0, 0.1) is 0 Å². The van der Waals surface area contributed by atoms with E-state index >= 15 is 0 Å². The first-order chi connectivity index (χ1) is 6.72. The Morgan fingerprint density at radius 3 is 2.86 bits per heavy atom. The van der Waals surface area contributed by atoms with Crippen molar-refractivity contribution in [3.63, 3.8) is 0 Å². The molecule has 1 atom stereocenters. The lowest BCUT2D eigenvalue weighted by Crippen LogP contribution is -2.45. The second-order valence-corrected chi connectivity index (χ2v) is 2.55. The van der Waals surface area contributed by atoms with Gasteiger partial charge in [0.15, 0.2) is 0 Å². The number of carboxylic acids is 1. The first-order valence-corrected chi connectivity index (χ1v) is 4.21. The van der Waals surface area contributed by atoms with Crippen LogP contribution in [0.25, 0.3) is 0 Å². The van der Waals surface area contributed by atoms with E-state index in [0.29, 0.717) is 25.7 Å². The Balaban J connectivity index is 3.62. The van der Waals surface area contributed by atoms with E-state index in [1.54, 1.807) is 0 Å². The van der Waals surface area contributed by atoms with Crippen molar-refractivity contribution in [3.05, 3.63) is 0 Å². The number of carbonyl (C=O) groups excluding carboxylic acids is 1. The molecule has 0 amide bonds. The van der Waals surface area contributed by atoms with Crippen molar-refractivity contribution in [1.82, 2.24) is 11.0 Å². The lowest BCUT2D eigenvalue weighted by Gasteiger charge is -2.13. The highest BCUT2D eigenvalue weighted by Crippen LogP contribution is 1.94. The van der Waals surface area contributed by atoms with E-state index in [0.717, 1.165) is 0 Å². The van der Waals surface area contributed by atoms with Crippen LogP contribution in [0.4, 0.5) is 0 Å². The molecule has 0 unspecified atom stereocenters. The molecule has 82 valence electrons. The average Bonchev–Trinajstić information content (AvgIpc) is 2.16. The van der Waals surface area contributed by atoms with Crippen LogP contribution in [0.15, 0.2) is 0 Å². The minimum absolute atomic E-state index is 0.143. The van der Waals surface area contributed by atoms with Gasteiger partial charge in [-0.1, -0.05) is 0 Å². The fourth-order valence-electron chi connectivity index (χ4n) is 0.768. The molecule has 0 rings (SSSR count). The number of carbonyl (C=O) groups is 2. The summed E-state index contributed by atoms with van der Waals surface area (Å²) < 4.78 is 0.